The summed E-state index contributed by atoms with van der Waals surface area (Å²) in [7, 11) is 2.10. The van der Waals surface area contributed by atoms with E-state index < -0.39 is 23.6 Å². The molecule has 184 valence electrons. The highest BCUT2D eigenvalue weighted by Crippen LogP contribution is 2.43. The van der Waals surface area contributed by atoms with Gasteiger partial charge in [-0.15, -0.1) is 10.2 Å². The molecule has 2 aromatic heterocycles. The van der Waals surface area contributed by atoms with Crippen LogP contribution in [-0.4, -0.2) is 75.5 Å². The van der Waals surface area contributed by atoms with Crippen LogP contribution in [0.15, 0.2) is 35.2 Å². The van der Waals surface area contributed by atoms with Crippen LogP contribution in [0, 0.1) is 5.41 Å². The van der Waals surface area contributed by atoms with Crippen molar-refractivity contribution in [2.24, 2.45) is 5.41 Å². The van der Waals surface area contributed by atoms with E-state index in [4.69, 9.17) is 4.42 Å². The number of aromatic hydroxyl groups is 1. The number of phenolic OH excluding ortho intramolecular Hbond substituents is 1. The van der Waals surface area contributed by atoms with Crippen molar-refractivity contribution in [3.05, 3.63) is 30.8 Å². The number of ether oxygens (including phenoxy) is 1. The maximum Gasteiger partial charge on any atom is 0.491 e. The lowest BCUT2D eigenvalue weighted by Crippen LogP contribution is -2.60. The molecule has 2 aliphatic rings. The monoisotopic (exact) mass is 490 g/mol. The van der Waals surface area contributed by atoms with Crippen molar-refractivity contribution in [2.45, 2.75) is 19.0 Å². The summed E-state index contributed by atoms with van der Waals surface area (Å²) in [6, 6.07) is 2.31. The first kappa shape index (κ1) is 23.0. The minimum atomic E-state index is -5.25. The molecule has 0 amide bonds. The molecule has 0 aliphatic carbocycles. The number of carbonyl (C=O) groups is 1. The molecule has 2 fully saturated rings. The predicted octanol–water partition coefficient (Wildman–Crippen LogP) is 2.90. The van der Waals surface area contributed by atoms with E-state index in [1.165, 1.54) is 24.7 Å². The number of piperidine rings is 1. The van der Waals surface area contributed by atoms with Crippen LogP contribution in [0.3, 0.4) is 0 Å². The molecule has 2 saturated heterocycles. The van der Waals surface area contributed by atoms with Crippen LogP contribution in [0.2, 0.25) is 0 Å². The van der Waals surface area contributed by atoms with Crippen molar-refractivity contribution >= 4 is 11.9 Å². The second-order valence-corrected chi connectivity index (χ2v) is 8.90. The van der Waals surface area contributed by atoms with Crippen molar-refractivity contribution in [2.75, 3.05) is 38.1 Å². The van der Waals surface area contributed by atoms with Gasteiger partial charge >= 0.3 is 12.1 Å². The lowest BCUT2D eigenvalue weighted by molar-refractivity contribution is -0.189. The van der Waals surface area contributed by atoms with Crippen LogP contribution in [0.1, 0.15) is 12.8 Å². The second kappa shape index (κ2) is 8.48. The van der Waals surface area contributed by atoms with E-state index in [1.54, 1.807) is 0 Å². The van der Waals surface area contributed by atoms with Gasteiger partial charge in [0.2, 0.25) is 11.8 Å². The zero-order valence-electron chi connectivity index (χ0n) is 18.6. The van der Waals surface area contributed by atoms with E-state index in [1.807, 2.05) is 4.90 Å². The lowest BCUT2D eigenvalue weighted by Gasteiger charge is -2.53. The van der Waals surface area contributed by atoms with Gasteiger partial charge in [0.15, 0.2) is 0 Å². The normalized spacial score (nSPS) is 17.9. The number of hydrogen-bond acceptors (Lipinski definition) is 10. The number of nitrogens with zero attached hydrogens (tertiary/aromatic N) is 6. The molecular weight excluding hydrogens is 469 g/mol. The first-order chi connectivity index (χ1) is 16.6. The zero-order valence-corrected chi connectivity index (χ0v) is 18.6. The summed E-state index contributed by atoms with van der Waals surface area (Å²) in [6.45, 7) is 3.67. The molecule has 0 unspecified atom stereocenters. The van der Waals surface area contributed by atoms with Crippen molar-refractivity contribution in [1.82, 2.24) is 25.1 Å². The highest BCUT2D eigenvalue weighted by molar-refractivity contribution is 5.84. The maximum atomic E-state index is 12.9. The SMILES string of the molecule is CN1CCC2(CC1)CN(c1ncc(-c3c(O)cc(-c4ncco4)cc3OC(=O)C(F)(F)F)nn1)C2. The molecule has 4 heterocycles. The number of carbonyl (C=O) groups excluding carboxylic acids is 1. The Bertz CT molecular complexity index is 1220. The molecule has 10 nitrogen and oxygen atoms in total. The van der Waals surface area contributed by atoms with E-state index in [0.717, 1.165) is 45.1 Å². The van der Waals surface area contributed by atoms with E-state index in [0.29, 0.717) is 5.95 Å². The van der Waals surface area contributed by atoms with Crippen molar-refractivity contribution < 1.29 is 32.2 Å². The number of esters is 1. The van der Waals surface area contributed by atoms with Gasteiger partial charge in [-0.2, -0.15) is 13.2 Å². The highest BCUT2D eigenvalue weighted by Gasteiger charge is 2.45. The van der Waals surface area contributed by atoms with Crippen LogP contribution in [-0.2, 0) is 4.79 Å². The standard InChI is InChI=1S/C22H21F3N6O4/c1-30-5-2-21(3-6-30)11-31(12-21)20-27-10-14(28-29-20)17-15(32)8-13(18-26-4-7-34-18)9-16(17)35-19(33)22(23,24)25/h4,7-10,32H,2-3,5-6,11-12H2,1H3. The molecule has 1 spiro atoms. The van der Waals surface area contributed by atoms with Gasteiger partial charge in [0.05, 0.1) is 18.0 Å². The van der Waals surface area contributed by atoms with Gasteiger partial charge in [-0.25, -0.2) is 14.8 Å². The third-order valence-electron chi connectivity index (χ3n) is 6.38. The Morgan fingerprint density at radius 1 is 1.17 bits per heavy atom. The third-order valence-corrected chi connectivity index (χ3v) is 6.38. The smallest absolute Gasteiger partial charge is 0.491 e. The Balaban J connectivity index is 1.42. The predicted molar refractivity (Wildman–Crippen MR) is 115 cm³/mol. The van der Waals surface area contributed by atoms with Gasteiger partial charge in [-0.1, -0.05) is 0 Å². The minimum absolute atomic E-state index is 0.0105. The van der Waals surface area contributed by atoms with Gasteiger partial charge in [0.25, 0.3) is 0 Å². The molecule has 35 heavy (non-hydrogen) atoms. The summed E-state index contributed by atoms with van der Waals surface area (Å²) in [5.74, 6) is -3.16. The Kier molecular flexibility index (Phi) is 5.58. The number of halogens is 3. The lowest BCUT2D eigenvalue weighted by atomic mass is 9.72. The van der Waals surface area contributed by atoms with Crippen LogP contribution in [0.25, 0.3) is 22.7 Å². The summed E-state index contributed by atoms with van der Waals surface area (Å²) in [4.78, 5) is 24.0. The van der Waals surface area contributed by atoms with Gasteiger partial charge in [-0.05, 0) is 45.1 Å². The summed E-state index contributed by atoms with van der Waals surface area (Å²) in [5.41, 5.74) is 0.00827. The molecule has 2 aliphatic heterocycles. The quantitative estimate of drug-likeness (QED) is 0.432. The van der Waals surface area contributed by atoms with Crippen molar-refractivity contribution in [3.63, 3.8) is 0 Å². The fraction of sp³-hybridized carbons (Fsp3) is 0.409. The second-order valence-electron chi connectivity index (χ2n) is 8.90. The number of benzene rings is 1. The Morgan fingerprint density at radius 3 is 2.51 bits per heavy atom. The van der Waals surface area contributed by atoms with Gasteiger partial charge in [0.1, 0.15) is 23.5 Å². The van der Waals surface area contributed by atoms with Crippen molar-refractivity contribution in [3.8, 4) is 34.2 Å². The summed E-state index contributed by atoms with van der Waals surface area (Å²) in [6.07, 6.45) is 0.769. The van der Waals surface area contributed by atoms with Gasteiger partial charge < -0.3 is 24.1 Å². The van der Waals surface area contributed by atoms with Crippen LogP contribution in [0.5, 0.6) is 11.5 Å². The fourth-order valence-corrected chi connectivity index (χ4v) is 4.43. The van der Waals surface area contributed by atoms with Crippen molar-refractivity contribution in [1.29, 1.82) is 0 Å². The van der Waals surface area contributed by atoms with E-state index in [2.05, 4.69) is 36.8 Å². The zero-order chi connectivity index (χ0) is 24.8. The third kappa shape index (κ3) is 4.50. The van der Waals surface area contributed by atoms with Crippen LogP contribution >= 0.6 is 0 Å². The van der Waals surface area contributed by atoms with Crippen LogP contribution in [0.4, 0.5) is 19.1 Å². The number of likely N-dealkylation sites (tertiary alicyclic amines) is 1. The number of alkyl halides is 3. The first-order valence-electron chi connectivity index (χ1n) is 10.8. The average molecular weight is 490 g/mol. The number of oxazole rings is 1. The van der Waals surface area contributed by atoms with Gasteiger partial charge in [-0.3, -0.25) is 0 Å². The number of rotatable bonds is 4. The molecule has 0 saturated carbocycles. The minimum Gasteiger partial charge on any atom is -0.507 e. The fourth-order valence-electron chi connectivity index (χ4n) is 4.43. The Labute approximate surface area is 197 Å². The van der Waals surface area contributed by atoms with E-state index >= 15 is 0 Å². The largest absolute Gasteiger partial charge is 0.507 e. The first-order valence-corrected chi connectivity index (χ1v) is 10.8. The molecule has 5 rings (SSSR count). The topological polar surface area (TPSA) is 118 Å². The summed E-state index contributed by atoms with van der Waals surface area (Å²) < 4.78 is 48.4. The van der Waals surface area contributed by atoms with E-state index in [-0.39, 0.29) is 28.1 Å². The molecule has 0 radical (unpaired) electrons. The molecule has 3 aromatic rings. The molecule has 0 atom stereocenters. The number of hydrogen-bond donors (Lipinski definition) is 1. The highest BCUT2D eigenvalue weighted by atomic mass is 19.4. The van der Waals surface area contributed by atoms with E-state index in [9.17, 15) is 23.1 Å². The Hall–Kier alpha value is -3.74. The Morgan fingerprint density at radius 2 is 1.91 bits per heavy atom. The average Bonchev–Trinajstić information content (AvgIpc) is 3.33. The number of aromatic nitrogens is 4. The number of phenols is 1. The number of anilines is 1. The summed E-state index contributed by atoms with van der Waals surface area (Å²) in [5, 5.41) is 18.8. The van der Waals surface area contributed by atoms with Gasteiger partial charge in [0, 0.05) is 24.1 Å². The van der Waals surface area contributed by atoms with Crippen LogP contribution < -0.4 is 9.64 Å². The summed E-state index contributed by atoms with van der Waals surface area (Å²) >= 11 is 0. The molecule has 1 aromatic carbocycles. The molecule has 1 N–H and O–H groups in total. The molecular formula is C22H21F3N6O4. The molecule has 0 bridgehead atoms. The maximum absolute atomic E-state index is 12.9. The molecule has 13 heteroatoms.